The van der Waals surface area contributed by atoms with Gasteiger partial charge in [0.15, 0.2) is 0 Å². The maximum atomic E-state index is 13.1. The Morgan fingerprint density at radius 3 is 2.29 bits per heavy atom. The normalized spacial score (nSPS) is 23.4. The Labute approximate surface area is 197 Å². The highest BCUT2D eigenvalue weighted by molar-refractivity contribution is 5.89. The molecular weight excluding hydrogens is 426 g/mol. The van der Waals surface area contributed by atoms with E-state index in [1.54, 1.807) is 12.1 Å². The van der Waals surface area contributed by atoms with Crippen LogP contribution in [0.2, 0.25) is 0 Å². The third-order valence-corrected chi connectivity index (χ3v) is 6.95. The maximum Gasteiger partial charge on any atom is 0.312 e. The third kappa shape index (κ3) is 2.87. The van der Waals surface area contributed by atoms with Crippen LogP contribution in [-0.2, 0) is 0 Å². The number of nitrogens with two attached hydrogens (primary N) is 1. The fourth-order valence-corrected chi connectivity index (χ4v) is 5.43. The lowest BCUT2D eigenvalue weighted by Crippen LogP contribution is -2.59. The van der Waals surface area contributed by atoms with Crippen molar-refractivity contribution in [3.8, 4) is 11.8 Å². The first kappa shape index (κ1) is 21.5. The van der Waals surface area contributed by atoms with Crippen LogP contribution in [0.4, 0.5) is 0 Å². The number of nitrogens with zero attached hydrogens (tertiary/aromatic N) is 2. The molecule has 3 atom stereocenters. The van der Waals surface area contributed by atoms with Gasteiger partial charge in [0.2, 0.25) is 6.10 Å². The molecule has 3 aromatic carbocycles. The first-order valence-electron chi connectivity index (χ1n) is 11.0. The Hall–Kier alpha value is -4.37. The molecule has 0 unspecified atom stereocenters. The average Bonchev–Trinajstić information content (AvgIpc) is 2.86. The van der Waals surface area contributed by atoms with E-state index in [1.807, 2.05) is 80.6 Å². The van der Waals surface area contributed by atoms with Crippen molar-refractivity contribution in [1.82, 2.24) is 0 Å². The van der Waals surface area contributed by atoms with E-state index in [4.69, 9.17) is 10.5 Å². The van der Waals surface area contributed by atoms with E-state index < -0.39 is 17.6 Å². The van der Waals surface area contributed by atoms with Crippen molar-refractivity contribution in [3.63, 3.8) is 0 Å². The number of para-hydroxylation sites is 1. The van der Waals surface area contributed by atoms with Gasteiger partial charge >= 0.3 is 5.54 Å². The van der Waals surface area contributed by atoms with E-state index in [0.29, 0.717) is 22.4 Å². The summed E-state index contributed by atoms with van der Waals surface area (Å²) in [6, 6.07) is 26.4. The molecule has 0 radical (unpaired) electrons. The molecule has 6 heteroatoms. The first-order chi connectivity index (χ1) is 16.4. The third-order valence-electron chi connectivity index (χ3n) is 6.95. The predicted molar refractivity (Wildman–Crippen MR) is 129 cm³/mol. The van der Waals surface area contributed by atoms with E-state index in [-0.39, 0.29) is 16.2 Å². The zero-order valence-electron chi connectivity index (χ0n) is 18.9. The standard InChI is InChI=1S/C28H23N3O3/c1-17-12-14-19(15-13-17)24-18(2)25-21-10-6-7-11-23(21)34-27(20-8-4-3-5-9-20)28(25,31(32)33)26(30)22(24)16-29/h3-15,25,27H,30H2,1-2H3/t25-,27+,28-/m1/s1. The minimum Gasteiger partial charge on any atom is -0.477 e. The molecule has 5 rings (SSSR count). The number of rotatable bonds is 3. The average molecular weight is 450 g/mol. The number of nitriles is 1. The van der Waals surface area contributed by atoms with Gasteiger partial charge in [0.05, 0.1) is 11.5 Å². The molecule has 0 amide bonds. The Kier molecular flexibility index (Phi) is 4.98. The second-order valence-corrected chi connectivity index (χ2v) is 8.79. The number of fused-ring (bicyclic) bond motifs is 3. The lowest BCUT2D eigenvalue weighted by molar-refractivity contribution is -0.576. The number of hydrogen-bond acceptors (Lipinski definition) is 5. The fraction of sp³-hybridized carbons (Fsp3) is 0.179. The fourth-order valence-electron chi connectivity index (χ4n) is 5.43. The SMILES string of the molecule is CC1=C(c2ccc(C)cc2)C(C#N)=C(N)[C@]2([N+](=O)[O-])[C@H]1c1ccccc1O[C@H]2c1ccccc1. The molecule has 2 aliphatic rings. The largest absolute Gasteiger partial charge is 0.477 e. The van der Waals surface area contributed by atoms with Crippen molar-refractivity contribution in [1.29, 1.82) is 5.26 Å². The molecular formula is C28H23N3O3. The second kappa shape index (κ2) is 7.89. The smallest absolute Gasteiger partial charge is 0.312 e. The molecule has 34 heavy (non-hydrogen) atoms. The highest BCUT2D eigenvalue weighted by Gasteiger charge is 2.67. The van der Waals surface area contributed by atoms with Gasteiger partial charge in [0.25, 0.3) is 0 Å². The summed E-state index contributed by atoms with van der Waals surface area (Å²) in [7, 11) is 0. The Bertz CT molecular complexity index is 1400. The molecule has 168 valence electrons. The maximum absolute atomic E-state index is 13.1. The van der Waals surface area contributed by atoms with E-state index >= 15 is 0 Å². The molecule has 1 aliphatic heterocycles. The molecule has 0 aromatic heterocycles. The van der Waals surface area contributed by atoms with Crippen LogP contribution in [0.3, 0.4) is 0 Å². The van der Waals surface area contributed by atoms with Crippen LogP contribution in [0.15, 0.2) is 95.7 Å². The van der Waals surface area contributed by atoms with Crippen molar-refractivity contribution < 1.29 is 9.66 Å². The minimum absolute atomic E-state index is 0.0745. The number of hydrogen-bond donors (Lipinski definition) is 1. The highest BCUT2D eigenvalue weighted by atomic mass is 16.6. The van der Waals surface area contributed by atoms with Crippen LogP contribution < -0.4 is 10.5 Å². The van der Waals surface area contributed by atoms with Gasteiger partial charge < -0.3 is 10.5 Å². The number of aryl methyl sites for hydroxylation is 1. The van der Waals surface area contributed by atoms with Gasteiger partial charge in [0.1, 0.15) is 17.5 Å². The molecule has 0 bridgehead atoms. The molecule has 3 aromatic rings. The van der Waals surface area contributed by atoms with Crippen LogP contribution in [0, 0.1) is 28.4 Å². The van der Waals surface area contributed by atoms with Crippen molar-refractivity contribution >= 4 is 5.57 Å². The second-order valence-electron chi connectivity index (χ2n) is 8.79. The van der Waals surface area contributed by atoms with Gasteiger partial charge in [-0.3, -0.25) is 10.1 Å². The zero-order chi connectivity index (χ0) is 24.0. The van der Waals surface area contributed by atoms with Crippen LogP contribution in [-0.4, -0.2) is 10.5 Å². The number of nitro groups is 1. The summed E-state index contributed by atoms with van der Waals surface area (Å²) >= 11 is 0. The van der Waals surface area contributed by atoms with E-state index in [1.165, 1.54) is 0 Å². The molecule has 1 aliphatic carbocycles. The quantitative estimate of drug-likeness (QED) is 0.423. The van der Waals surface area contributed by atoms with Crippen LogP contribution in [0.1, 0.15) is 41.2 Å². The lowest BCUT2D eigenvalue weighted by atomic mass is 9.61. The minimum atomic E-state index is -1.88. The van der Waals surface area contributed by atoms with Crippen molar-refractivity contribution in [2.75, 3.05) is 0 Å². The molecule has 0 fully saturated rings. The van der Waals surface area contributed by atoms with Crippen LogP contribution >= 0.6 is 0 Å². The molecule has 2 N–H and O–H groups in total. The van der Waals surface area contributed by atoms with Crippen LogP contribution in [0.5, 0.6) is 5.75 Å². The summed E-state index contributed by atoms with van der Waals surface area (Å²) in [4.78, 5) is 12.7. The number of benzene rings is 3. The Morgan fingerprint density at radius 2 is 1.65 bits per heavy atom. The monoisotopic (exact) mass is 449 g/mol. The summed E-state index contributed by atoms with van der Waals surface area (Å²) in [5.41, 5.74) is 9.43. The summed E-state index contributed by atoms with van der Waals surface area (Å²) in [6.07, 6.45) is -1.01. The summed E-state index contributed by atoms with van der Waals surface area (Å²) < 4.78 is 6.33. The summed E-state index contributed by atoms with van der Waals surface area (Å²) in [5, 5.41) is 23.3. The summed E-state index contributed by atoms with van der Waals surface area (Å²) in [5.74, 6) is -0.138. The molecule has 6 nitrogen and oxygen atoms in total. The van der Waals surface area contributed by atoms with E-state index in [9.17, 15) is 15.4 Å². The molecule has 0 saturated heterocycles. The van der Waals surface area contributed by atoms with Gasteiger partial charge in [-0.2, -0.15) is 5.26 Å². The lowest BCUT2D eigenvalue weighted by Gasteiger charge is -2.46. The summed E-state index contributed by atoms with van der Waals surface area (Å²) in [6.45, 7) is 3.85. The van der Waals surface area contributed by atoms with Gasteiger partial charge in [-0.15, -0.1) is 0 Å². The molecule has 0 saturated carbocycles. The highest BCUT2D eigenvalue weighted by Crippen LogP contribution is 2.59. The van der Waals surface area contributed by atoms with Crippen molar-refractivity contribution in [3.05, 3.63) is 128 Å². The topological polar surface area (TPSA) is 102 Å². The van der Waals surface area contributed by atoms with E-state index in [0.717, 1.165) is 16.7 Å². The van der Waals surface area contributed by atoms with E-state index in [2.05, 4.69) is 6.07 Å². The molecule has 0 spiro atoms. The van der Waals surface area contributed by atoms with Crippen LogP contribution in [0.25, 0.3) is 5.57 Å². The first-order valence-corrected chi connectivity index (χ1v) is 11.0. The van der Waals surface area contributed by atoms with Crippen molar-refractivity contribution in [2.24, 2.45) is 5.73 Å². The van der Waals surface area contributed by atoms with Gasteiger partial charge in [-0.25, -0.2) is 0 Å². The Balaban J connectivity index is 1.89. The van der Waals surface area contributed by atoms with Gasteiger partial charge in [-0.1, -0.05) is 78.4 Å². The Morgan fingerprint density at radius 1 is 1.00 bits per heavy atom. The van der Waals surface area contributed by atoms with Gasteiger partial charge in [-0.05, 0) is 31.1 Å². The predicted octanol–water partition coefficient (Wildman–Crippen LogP) is 5.45. The van der Waals surface area contributed by atoms with Gasteiger partial charge in [0, 0.05) is 21.6 Å². The number of allylic oxidation sites excluding steroid dienone is 2. The zero-order valence-corrected chi connectivity index (χ0v) is 18.9. The molecule has 1 heterocycles. The number of ether oxygens (including phenoxy) is 1. The van der Waals surface area contributed by atoms with Crippen molar-refractivity contribution in [2.45, 2.75) is 31.4 Å².